The third-order valence-electron chi connectivity index (χ3n) is 4.01. The van der Waals surface area contributed by atoms with E-state index in [9.17, 15) is 0 Å². The molecule has 0 fully saturated rings. The maximum atomic E-state index is 4.10. The van der Waals surface area contributed by atoms with Crippen molar-refractivity contribution in [3.05, 3.63) is 66.5 Å². The molecule has 0 atom stereocenters. The molecule has 0 amide bonds. The van der Waals surface area contributed by atoms with Gasteiger partial charge in [0.15, 0.2) is 0 Å². The van der Waals surface area contributed by atoms with Gasteiger partial charge in [0.2, 0.25) is 0 Å². The van der Waals surface area contributed by atoms with Crippen LogP contribution in [0.2, 0.25) is 0 Å². The first-order valence-corrected chi connectivity index (χ1v) is 7.16. The molecule has 1 aliphatic heterocycles. The van der Waals surface area contributed by atoms with E-state index in [1.165, 1.54) is 22.4 Å². The van der Waals surface area contributed by atoms with Gasteiger partial charge in [-0.1, -0.05) is 12.1 Å². The summed E-state index contributed by atoms with van der Waals surface area (Å²) in [6.07, 6.45) is 8.42. The Morgan fingerprint density at radius 1 is 1.05 bits per heavy atom. The molecule has 0 unspecified atom stereocenters. The summed E-state index contributed by atoms with van der Waals surface area (Å²) < 4.78 is 0. The number of rotatable bonds is 3. The predicted octanol–water partition coefficient (Wildman–Crippen LogP) is 3.03. The van der Waals surface area contributed by atoms with Crippen molar-refractivity contribution in [3.63, 3.8) is 0 Å². The fourth-order valence-corrected chi connectivity index (χ4v) is 2.91. The number of fused-ring (bicyclic) bond motifs is 1. The largest absolute Gasteiger partial charge is 0.365 e. The second-order valence-electron chi connectivity index (χ2n) is 5.33. The Morgan fingerprint density at radius 2 is 1.95 bits per heavy atom. The lowest BCUT2D eigenvalue weighted by molar-refractivity contribution is 0.819. The Bertz CT molecular complexity index is 735. The van der Waals surface area contributed by atoms with Gasteiger partial charge in [0.1, 0.15) is 0 Å². The summed E-state index contributed by atoms with van der Waals surface area (Å²) in [5.74, 6) is 0. The summed E-state index contributed by atoms with van der Waals surface area (Å²) in [7, 11) is 0. The summed E-state index contributed by atoms with van der Waals surface area (Å²) in [4.78, 5) is 13.8. The van der Waals surface area contributed by atoms with Crippen LogP contribution in [0.25, 0.3) is 11.1 Å². The molecule has 4 heteroatoms. The number of benzene rings is 1. The van der Waals surface area contributed by atoms with Crippen molar-refractivity contribution in [3.8, 4) is 11.1 Å². The molecule has 104 valence electrons. The molecule has 0 radical (unpaired) electrons. The summed E-state index contributed by atoms with van der Waals surface area (Å²) in [6.45, 7) is 1.95. The Balaban J connectivity index is 1.67. The minimum Gasteiger partial charge on any atom is -0.365 e. The molecule has 1 aromatic carbocycles. The quantitative estimate of drug-likeness (QED) is 0.799. The van der Waals surface area contributed by atoms with Crippen LogP contribution in [0.4, 0.5) is 5.69 Å². The van der Waals surface area contributed by atoms with Gasteiger partial charge in [0.05, 0.1) is 18.6 Å². The van der Waals surface area contributed by atoms with Crippen molar-refractivity contribution in [1.82, 2.24) is 15.0 Å². The van der Waals surface area contributed by atoms with Crippen LogP contribution in [-0.4, -0.2) is 21.5 Å². The minimum absolute atomic E-state index is 0.882. The lowest BCUT2D eigenvalue weighted by atomic mass is 10.0. The van der Waals surface area contributed by atoms with E-state index in [0.717, 1.165) is 25.2 Å². The molecule has 2 aromatic heterocycles. The standard InChI is InChI=1S/C17H16N4/c1-2-15(13-3-6-18-7-4-13)9-17-14(1)5-8-21(17)11-16-10-19-12-20-16/h1-4,6-7,9-10,12H,5,8,11H2,(H,19,20). The maximum Gasteiger partial charge on any atom is 0.0922 e. The number of aromatic amines is 1. The lowest BCUT2D eigenvalue weighted by Gasteiger charge is -2.19. The highest BCUT2D eigenvalue weighted by Gasteiger charge is 2.20. The summed E-state index contributed by atoms with van der Waals surface area (Å²) in [6, 6.07) is 10.8. The van der Waals surface area contributed by atoms with E-state index >= 15 is 0 Å². The molecule has 21 heavy (non-hydrogen) atoms. The average Bonchev–Trinajstić information content (AvgIpc) is 3.19. The maximum absolute atomic E-state index is 4.10. The van der Waals surface area contributed by atoms with Crippen LogP contribution in [0.1, 0.15) is 11.3 Å². The second kappa shape index (κ2) is 5.05. The topological polar surface area (TPSA) is 44.8 Å². The fourth-order valence-electron chi connectivity index (χ4n) is 2.91. The fraction of sp³-hybridized carbons (Fsp3) is 0.176. The molecule has 4 rings (SSSR count). The van der Waals surface area contributed by atoms with Crippen molar-refractivity contribution in [2.45, 2.75) is 13.0 Å². The Morgan fingerprint density at radius 3 is 2.76 bits per heavy atom. The van der Waals surface area contributed by atoms with Crippen molar-refractivity contribution in [2.24, 2.45) is 0 Å². The highest BCUT2D eigenvalue weighted by atomic mass is 15.2. The van der Waals surface area contributed by atoms with Crippen LogP contribution in [0.15, 0.2) is 55.2 Å². The first kappa shape index (κ1) is 12.1. The van der Waals surface area contributed by atoms with E-state index in [1.54, 1.807) is 6.33 Å². The van der Waals surface area contributed by atoms with Gasteiger partial charge in [-0.2, -0.15) is 0 Å². The highest BCUT2D eigenvalue weighted by Crippen LogP contribution is 2.33. The third-order valence-corrected chi connectivity index (χ3v) is 4.01. The van der Waals surface area contributed by atoms with E-state index in [2.05, 4.69) is 50.2 Å². The van der Waals surface area contributed by atoms with Gasteiger partial charge < -0.3 is 9.88 Å². The van der Waals surface area contributed by atoms with E-state index in [4.69, 9.17) is 0 Å². The van der Waals surface area contributed by atoms with Gasteiger partial charge in [0, 0.05) is 30.8 Å². The van der Waals surface area contributed by atoms with E-state index in [-0.39, 0.29) is 0 Å². The van der Waals surface area contributed by atoms with Gasteiger partial charge in [-0.25, -0.2) is 4.98 Å². The number of anilines is 1. The van der Waals surface area contributed by atoms with E-state index in [0.29, 0.717) is 0 Å². The van der Waals surface area contributed by atoms with E-state index in [1.807, 2.05) is 18.6 Å². The molecule has 0 saturated carbocycles. The van der Waals surface area contributed by atoms with Crippen LogP contribution in [0.3, 0.4) is 0 Å². The van der Waals surface area contributed by atoms with Crippen LogP contribution in [0, 0.1) is 0 Å². The molecule has 0 aliphatic carbocycles. The summed E-state index contributed by atoms with van der Waals surface area (Å²) in [5.41, 5.74) is 6.36. The minimum atomic E-state index is 0.882. The molecular formula is C17H16N4. The van der Waals surface area contributed by atoms with Crippen LogP contribution in [-0.2, 0) is 13.0 Å². The first-order chi connectivity index (χ1) is 10.4. The number of nitrogens with zero attached hydrogens (tertiary/aromatic N) is 3. The van der Waals surface area contributed by atoms with Gasteiger partial charge in [-0.3, -0.25) is 4.98 Å². The zero-order valence-corrected chi connectivity index (χ0v) is 11.7. The Labute approximate surface area is 123 Å². The molecular weight excluding hydrogens is 260 g/mol. The van der Waals surface area contributed by atoms with E-state index < -0.39 is 0 Å². The average molecular weight is 276 g/mol. The van der Waals surface area contributed by atoms with Gasteiger partial charge in [0.25, 0.3) is 0 Å². The number of aromatic nitrogens is 3. The molecule has 0 saturated heterocycles. The summed E-state index contributed by atoms with van der Waals surface area (Å²) >= 11 is 0. The number of H-pyrrole nitrogens is 1. The zero-order chi connectivity index (χ0) is 14.1. The molecule has 0 bridgehead atoms. The number of imidazole rings is 1. The van der Waals surface area contributed by atoms with Crippen molar-refractivity contribution in [1.29, 1.82) is 0 Å². The SMILES string of the molecule is c1cc(-c2ccc3c(c2)N(Cc2cnc[nH]2)CC3)ccn1. The predicted molar refractivity (Wildman–Crippen MR) is 83.0 cm³/mol. The van der Waals surface area contributed by atoms with Gasteiger partial charge in [-0.15, -0.1) is 0 Å². The third kappa shape index (κ3) is 2.29. The van der Waals surface area contributed by atoms with Crippen LogP contribution >= 0.6 is 0 Å². The molecule has 1 N–H and O–H groups in total. The van der Waals surface area contributed by atoms with Gasteiger partial charge in [-0.05, 0) is 41.3 Å². The van der Waals surface area contributed by atoms with Gasteiger partial charge >= 0.3 is 0 Å². The van der Waals surface area contributed by atoms with Crippen molar-refractivity contribution in [2.75, 3.05) is 11.4 Å². The molecule has 1 aliphatic rings. The summed E-state index contributed by atoms with van der Waals surface area (Å²) in [5, 5.41) is 0. The smallest absolute Gasteiger partial charge is 0.0922 e. The van der Waals surface area contributed by atoms with Crippen LogP contribution in [0.5, 0.6) is 0 Å². The Kier molecular flexibility index (Phi) is 2.92. The van der Waals surface area contributed by atoms with Crippen LogP contribution < -0.4 is 4.90 Å². The monoisotopic (exact) mass is 276 g/mol. The molecule has 3 heterocycles. The normalized spacial score (nSPS) is 13.4. The highest BCUT2D eigenvalue weighted by molar-refractivity contribution is 5.71. The number of hydrogen-bond donors (Lipinski definition) is 1. The van der Waals surface area contributed by atoms with Crippen molar-refractivity contribution < 1.29 is 0 Å². The molecule has 3 aromatic rings. The first-order valence-electron chi connectivity index (χ1n) is 7.16. The number of hydrogen-bond acceptors (Lipinski definition) is 3. The number of nitrogens with one attached hydrogen (secondary N) is 1. The Hall–Kier alpha value is -2.62. The zero-order valence-electron chi connectivity index (χ0n) is 11.7. The number of pyridine rings is 1. The van der Waals surface area contributed by atoms with Crippen molar-refractivity contribution >= 4 is 5.69 Å². The molecule has 0 spiro atoms. The second-order valence-corrected chi connectivity index (χ2v) is 5.33. The lowest BCUT2D eigenvalue weighted by Crippen LogP contribution is -2.19. The molecule has 4 nitrogen and oxygen atoms in total.